The Morgan fingerprint density at radius 1 is 1.05 bits per heavy atom. The van der Waals surface area contributed by atoms with E-state index in [-0.39, 0.29) is 0 Å². The number of nitrogens with zero attached hydrogens (tertiary/aromatic N) is 2. The summed E-state index contributed by atoms with van der Waals surface area (Å²) >= 11 is 0. The van der Waals surface area contributed by atoms with E-state index in [9.17, 15) is 0 Å². The zero-order valence-electron chi connectivity index (χ0n) is 12.7. The molecule has 0 amide bonds. The van der Waals surface area contributed by atoms with Crippen LogP contribution in [0.2, 0.25) is 0 Å². The molecule has 1 saturated carbocycles. The molecule has 1 saturated heterocycles. The SMILES string of the molecule is Nc1cccc(-c2ccc(CCN3CC4C(N)C4C3)cc2)n1. The Morgan fingerprint density at radius 3 is 2.45 bits per heavy atom. The molecule has 0 bridgehead atoms. The number of pyridine rings is 1. The first-order valence-electron chi connectivity index (χ1n) is 8.00. The molecule has 0 radical (unpaired) electrons. The molecule has 1 aromatic carbocycles. The van der Waals surface area contributed by atoms with Crippen molar-refractivity contribution < 1.29 is 0 Å². The van der Waals surface area contributed by atoms with E-state index in [0.29, 0.717) is 11.9 Å². The fraction of sp³-hybridized carbons (Fsp3) is 0.389. The Bertz CT molecular complexity index is 655. The van der Waals surface area contributed by atoms with E-state index in [1.165, 1.54) is 18.7 Å². The molecule has 2 unspecified atom stereocenters. The number of hydrogen-bond acceptors (Lipinski definition) is 4. The Hall–Kier alpha value is -1.91. The van der Waals surface area contributed by atoms with Crippen LogP contribution in [0.25, 0.3) is 11.3 Å². The summed E-state index contributed by atoms with van der Waals surface area (Å²) in [4.78, 5) is 6.91. The number of nitrogens with two attached hydrogens (primary N) is 2. The number of nitrogen functional groups attached to an aromatic ring is 1. The van der Waals surface area contributed by atoms with Gasteiger partial charge in [-0.15, -0.1) is 0 Å². The van der Waals surface area contributed by atoms with Crippen LogP contribution in [0.5, 0.6) is 0 Å². The second kappa shape index (κ2) is 5.38. The lowest BCUT2D eigenvalue weighted by Gasteiger charge is -2.18. The largest absolute Gasteiger partial charge is 0.384 e. The average molecular weight is 294 g/mol. The van der Waals surface area contributed by atoms with Crippen LogP contribution >= 0.6 is 0 Å². The molecule has 114 valence electrons. The van der Waals surface area contributed by atoms with Crippen molar-refractivity contribution in [3.05, 3.63) is 48.0 Å². The summed E-state index contributed by atoms with van der Waals surface area (Å²) in [6.45, 7) is 3.52. The minimum atomic E-state index is 0.487. The predicted molar refractivity (Wildman–Crippen MR) is 89.2 cm³/mol. The first-order valence-corrected chi connectivity index (χ1v) is 8.00. The van der Waals surface area contributed by atoms with Crippen molar-refractivity contribution in [1.82, 2.24) is 9.88 Å². The van der Waals surface area contributed by atoms with Crippen LogP contribution in [0.3, 0.4) is 0 Å². The minimum Gasteiger partial charge on any atom is -0.384 e. The zero-order chi connectivity index (χ0) is 15.1. The van der Waals surface area contributed by atoms with Crippen LogP contribution in [0.1, 0.15) is 5.56 Å². The second-order valence-corrected chi connectivity index (χ2v) is 6.56. The third kappa shape index (κ3) is 2.60. The molecule has 2 heterocycles. The molecule has 0 spiro atoms. The highest BCUT2D eigenvalue weighted by Gasteiger charge is 2.53. The van der Waals surface area contributed by atoms with E-state index in [2.05, 4.69) is 34.1 Å². The molecule has 4 heteroatoms. The average Bonchev–Trinajstić information content (AvgIpc) is 2.97. The molecule has 4 N–H and O–H groups in total. The van der Waals surface area contributed by atoms with Gasteiger partial charge in [0.2, 0.25) is 0 Å². The van der Waals surface area contributed by atoms with E-state index in [0.717, 1.165) is 36.1 Å². The van der Waals surface area contributed by atoms with Gasteiger partial charge >= 0.3 is 0 Å². The third-order valence-electron chi connectivity index (χ3n) is 5.07. The number of hydrogen-bond donors (Lipinski definition) is 2. The third-order valence-corrected chi connectivity index (χ3v) is 5.07. The zero-order valence-corrected chi connectivity index (χ0v) is 12.7. The summed E-state index contributed by atoms with van der Waals surface area (Å²) in [6.07, 6.45) is 1.10. The molecule has 22 heavy (non-hydrogen) atoms. The lowest BCUT2D eigenvalue weighted by atomic mass is 10.1. The molecule has 2 fully saturated rings. The maximum Gasteiger partial charge on any atom is 0.124 e. The molecule has 1 aliphatic heterocycles. The lowest BCUT2D eigenvalue weighted by molar-refractivity contribution is 0.302. The van der Waals surface area contributed by atoms with Crippen molar-refractivity contribution in [2.75, 3.05) is 25.4 Å². The van der Waals surface area contributed by atoms with Gasteiger partial charge in [0.15, 0.2) is 0 Å². The summed E-state index contributed by atoms with van der Waals surface area (Å²) in [5.41, 5.74) is 15.1. The molecule has 2 aliphatic rings. The van der Waals surface area contributed by atoms with Gasteiger partial charge in [-0.2, -0.15) is 0 Å². The quantitative estimate of drug-likeness (QED) is 0.901. The smallest absolute Gasteiger partial charge is 0.124 e. The van der Waals surface area contributed by atoms with Gasteiger partial charge in [-0.3, -0.25) is 0 Å². The highest BCUT2D eigenvalue weighted by atomic mass is 15.2. The second-order valence-electron chi connectivity index (χ2n) is 6.56. The van der Waals surface area contributed by atoms with Gasteiger partial charge in [0.1, 0.15) is 5.82 Å². The van der Waals surface area contributed by atoms with Crippen LogP contribution in [0.4, 0.5) is 5.82 Å². The normalized spacial score (nSPS) is 26.9. The number of anilines is 1. The molecular formula is C18H22N4. The summed E-state index contributed by atoms with van der Waals surface area (Å²) in [5, 5.41) is 0. The first kappa shape index (κ1) is 13.7. The van der Waals surface area contributed by atoms with Crippen molar-refractivity contribution >= 4 is 5.82 Å². The van der Waals surface area contributed by atoms with Crippen LogP contribution in [-0.2, 0) is 6.42 Å². The van der Waals surface area contributed by atoms with Crippen molar-refractivity contribution in [1.29, 1.82) is 0 Å². The number of piperidine rings is 1. The van der Waals surface area contributed by atoms with Gasteiger partial charge < -0.3 is 16.4 Å². The highest BCUT2D eigenvalue weighted by molar-refractivity contribution is 5.61. The highest BCUT2D eigenvalue weighted by Crippen LogP contribution is 2.43. The number of aromatic nitrogens is 1. The van der Waals surface area contributed by atoms with E-state index in [4.69, 9.17) is 11.5 Å². The molecule has 2 atom stereocenters. The van der Waals surface area contributed by atoms with Crippen molar-refractivity contribution in [2.45, 2.75) is 12.5 Å². The summed E-state index contributed by atoms with van der Waals surface area (Å²) in [7, 11) is 0. The Labute approximate surface area is 131 Å². The summed E-state index contributed by atoms with van der Waals surface area (Å²) < 4.78 is 0. The molecule has 4 rings (SSSR count). The van der Waals surface area contributed by atoms with Crippen LogP contribution in [0, 0.1) is 11.8 Å². The molecule has 4 nitrogen and oxygen atoms in total. The molecule has 1 aromatic heterocycles. The molecular weight excluding hydrogens is 272 g/mol. The van der Waals surface area contributed by atoms with Gasteiger partial charge in [-0.25, -0.2) is 4.98 Å². The minimum absolute atomic E-state index is 0.487. The fourth-order valence-electron chi connectivity index (χ4n) is 3.58. The van der Waals surface area contributed by atoms with Gasteiger partial charge in [-0.05, 0) is 36.0 Å². The lowest BCUT2D eigenvalue weighted by Crippen LogP contribution is -2.29. The van der Waals surface area contributed by atoms with E-state index < -0.39 is 0 Å². The Morgan fingerprint density at radius 2 is 1.77 bits per heavy atom. The first-order chi connectivity index (χ1) is 10.7. The van der Waals surface area contributed by atoms with Crippen molar-refractivity contribution in [3.8, 4) is 11.3 Å². The summed E-state index contributed by atoms with van der Waals surface area (Å²) in [5.74, 6) is 2.11. The molecule has 2 aromatic rings. The van der Waals surface area contributed by atoms with Crippen LogP contribution < -0.4 is 11.5 Å². The predicted octanol–water partition coefficient (Wildman–Crippen LogP) is 1.76. The van der Waals surface area contributed by atoms with Gasteiger partial charge in [-0.1, -0.05) is 30.3 Å². The van der Waals surface area contributed by atoms with Crippen molar-refractivity contribution in [2.24, 2.45) is 17.6 Å². The Balaban J connectivity index is 1.36. The Kier molecular flexibility index (Phi) is 3.36. The number of fused-ring (bicyclic) bond motifs is 1. The van der Waals surface area contributed by atoms with Crippen LogP contribution in [-0.4, -0.2) is 35.6 Å². The number of rotatable bonds is 4. The van der Waals surface area contributed by atoms with E-state index in [1.54, 1.807) is 0 Å². The maximum absolute atomic E-state index is 5.98. The maximum atomic E-state index is 5.98. The van der Waals surface area contributed by atoms with E-state index in [1.807, 2.05) is 18.2 Å². The topological polar surface area (TPSA) is 68.2 Å². The standard InChI is InChI=1S/C18H22N4/c19-17-3-1-2-16(21-17)13-6-4-12(5-7-13)8-9-22-10-14-15(11-22)18(14)20/h1-7,14-15,18H,8-11,20H2,(H2,19,21). The van der Waals surface area contributed by atoms with Gasteiger partial charge in [0.25, 0.3) is 0 Å². The summed E-state index contributed by atoms with van der Waals surface area (Å²) in [6, 6.07) is 14.9. The number of benzene rings is 1. The number of likely N-dealkylation sites (tertiary alicyclic amines) is 1. The van der Waals surface area contributed by atoms with Gasteiger partial charge in [0, 0.05) is 31.2 Å². The van der Waals surface area contributed by atoms with Crippen LogP contribution in [0.15, 0.2) is 42.5 Å². The van der Waals surface area contributed by atoms with Crippen molar-refractivity contribution in [3.63, 3.8) is 0 Å². The monoisotopic (exact) mass is 294 g/mol. The fourth-order valence-corrected chi connectivity index (χ4v) is 3.58. The van der Waals surface area contributed by atoms with E-state index >= 15 is 0 Å². The molecule has 1 aliphatic carbocycles. The van der Waals surface area contributed by atoms with Gasteiger partial charge in [0.05, 0.1) is 5.69 Å².